The first-order chi connectivity index (χ1) is 24.2. The molecule has 0 bridgehead atoms. The lowest BCUT2D eigenvalue weighted by Crippen LogP contribution is -2.59. The van der Waals surface area contributed by atoms with Gasteiger partial charge in [0.1, 0.15) is 23.7 Å². The molecule has 0 aliphatic carbocycles. The number of aliphatic hydroxyl groups is 1. The van der Waals surface area contributed by atoms with Gasteiger partial charge in [0, 0.05) is 20.1 Å². The molecule has 11 nitrogen and oxygen atoms in total. The van der Waals surface area contributed by atoms with Gasteiger partial charge < -0.3 is 34.4 Å². The smallest absolute Gasteiger partial charge is 0.313 e. The Kier molecular flexibility index (Phi) is 10.8. The van der Waals surface area contributed by atoms with E-state index >= 15 is 0 Å². The largest absolute Gasteiger partial charge is 0.455 e. The van der Waals surface area contributed by atoms with Crippen molar-refractivity contribution in [3.63, 3.8) is 0 Å². The van der Waals surface area contributed by atoms with E-state index in [1.807, 2.05) is 32.0 Å². The quantitative estimate of drug-likeness (QED) is 0.311. The predicted octanol–water partition coefficient (Wildman–Crippen LogP) is 4.00. The van der Waals surface area contributed by atoms with Gasteiger partial charge in [-0.1, -0.05) is 98.6 Å². The van der Waals surface area contributed by atoms with Crippen molar-refractivity contribution in [3.05, 3.63) is 89.5 Å². The monoisotopic (exact) mass is 705 g/mol. The summed E-state index contributed by atoms with van der Waals surface area (Å²) in [7, 11) is 1.50. The Balaban J connectivity index is 1.49. The SMILES string of the molecule is CC[C@H](C)[C@H](CO)N1C(=O)[C@H]2[C@@H]3C(=O)O[C@@H](c4ccccc4)[C@H](COC)NC(=O)CC/C=C\[C@@H]3O[C@]23C=CCN(c2ccccc2Cl)C(=O)[C@H]13. The number of amides is 3. The molecule has 4 aliphatic rings. The molecule has 1 spiro atoms. The number of cyclic esters (lactones) is 1. The van der Waals surface area contributed by atoms with E-state index in [9.17, 15) is 24.3 Å². The topological polar surface area (TPSA) is 135 Å². The first-order valence-electron chi connectivity index (χ1n) is 17.2. The number of esters is 1. The van der Waals surface area contributed by atoms with Gasteiger partial charge in [0.2, 0.25) is 11.8 Å². The molecule has 0 unspecified atom stereocenters. The highest BCUT2D eigenvalue weighted by molar-refractivity contribution is 6.34. The van der Waals surface area contributed by atoms with Gasteiger partial charge in [-0.25, -0.2) is 0 Å². The molecule has 9 atom stereocenters. The van der Waals surface area contributed by atoms with Crippen molar-refractivity contribution in [2.24, 2.45) is 17.8 Å². The Morgan fingerprint density at radius 1 is 1.06 bits per heavy atom. The molecule has 50 heavy (non-hydrogen) atoms. The second kappa shape index (κ2) is 15.1. The molecular formula is C38H44ClN3O8. The van der Waals surface area contributed by atoms with Crippen molar-refractivity contribution in [1.29, 1.82) is 0 Å². The van der Waals surface area contributed by atoms with Crippen molar-refractivity contribution in [1.82, 2.24) is 10.2 Å². The first kappa shape index (κ1) is 35.8. The number of aliphatic hydroxyl groups excluding tert-OH is 1. The number of hydrogen-bond acceptors (Lipinski definition) is 8. The number of nitrogens with one attached hydrogen (secondary N) is 1. The number of methoxy groups -OCH3 is 1. The highest BCUT2D eigenvalue weighted by atomic mass is 35.5. The number of halogens is 1. The third-order valence-corrected chi connectivity index (χ3v) is 10.8. The fourth-order valence-corrected chi connectivity index (χ4v) is 8.13. The summed E-state index contributed by atoms with van der Waals surface area (Å²) < 4.78 is 18.6. The molecule has 266 valence electrons. The van der Waals surface area contributed by atoms with Crippen LogP contribution in [-0.2, 0) is 33.4 Å². The Labute approximate surface area is 297 Å². The number of benzene rings is 2. The van der Waals surface area contributed by atoms with Gasteiger partial charge in [-0.3, -0.25) is 19.2 Å². The molecular weight excluding hydrogens is 662 g/mol. The maximum Gasteiger partial charge on any atom is 0.313 e. The van der Waals surface area contributed by atoms with Crippen molar-refractivity contribution in [3.8, 4) is 0 Å². The second-order valence-electron chi connectivity index (χ2n) is 13.4. The summed E-state index contributed by atoms with van der Waals surface area (Å²) in [5, 5.41) is 14.1. The molecule has 12 heteroatoms. The van der Waals surface area contributed by atoms with E-state index in [2.05, 4.69) is 5.32 Å². The molecule has 2 aromatic rings. The summed E-state index contributed by atoms with van der Waals surface area (Å²) in [5.41, 5.74) is -0.474. The van der Waals surface area contributed by atoms with Gasteiger partial charge in [-0.15, -0.1) is 0 Å². The predicted molar refractivity (Wildman–Crippen MR) is 186 cm³/mol. The second-order valence-corrected chi connectivity index (χ2v) is 13.8. The van der Waals surface area contributed by atoms with Crippen LogP contribution in [0.1, 0.15) is 44.8 Å². The summed E-state index contributed by atoms with van der Waals surface area (Å²) >= 11 is 6.60. The fraction of sp³-hybridized carbons (Fsp3) is 0.474. The highest BCUT2D eigenvalue weighted by Gasteiger charge is 2.73. The number of ether oxygens (including phenoxy) is 3. The Hall–Kier alpha value is -4.03. The molecule has 0 saturated carbocycles. The molecule has 2 fully saturated rings. The summed E-state index contributed by atoms with van der Waals surface area (Å²) in [5.74, 6) is -4.36. The maximum absolute atomic E-state index is 15.0. The summed E-state index contributed by atoms with van der Waals surface area (Å²) in [6.07, 6.45) is 6.18. The van der Waals surface area contributed by atoms with Gasteiger partial charge in [0.05, 0.1) is 48.0 Å². The number of fused-ring (bicyclic) bond motifs is 2. The van der Waals surface area contributed by atoms with E-state index < -0.39 is 72.2 Å². The zero-order valence-electron chi connectivity index (χ0n) is 28.4. The number of allylic oxidation sites excluding steroid dienone is 1. The maximum atomic E-state index is 15.0. The van der Waals surface area contributed by atoms with Crippen molar-refractivity contribution in [2.45, 2.75) is 69.0 Å². The summed E-state index contributed by atoms with van der Waals surface area (Å²) in [6, 6.07) is 13.3. The number of nitrogens with zero attached hydrogens (tertiary/aromatic N) is 2. The van der Waals surface area contributed by atoms with Crippen LogP contribution in [0.4, 0.5) is 5.69 Å². The Bertz CT molecular complexity index is 1650. The number of likely N-dealkylation sites (tertiary alicyclic amines) is 1. The lowest BCUT2D eigenvalue weighted by Gasteiger charge is -2.40. The molecule has 0 radical (unpaired) electrons. The molecule has 2 saturated heterocycles. The molecule has 0 aromatic heterocycles. The standard InChI is InChI=1S/C38H44ClN3O8/c1-4-23(2)28(21-43)42-34-36(46)41(27-16-9-8-15-25(27)39)20-12-19-38(34)32(35(42)45)31-29(50-38)17-10-11-18-30(44)40-26(22-48-3)33(49-37(31)47)24-13-6-5-7-14-24/h5-10,12-17,19,23,26,28-29,31-34,43H,4,11,18,20-22H2,1-3H3,(H,40,44)/b17-10-/t23-,26-,28-,29-,31+,32+,33-,34-,38+/m0/s1. The van der Waals surface area contributed by atoms with E-state index in [1.54, 1.807) is 60.7 Å². The average Bonchev–Trinajstić information content (AvgIpc) is 3.50. The van der Waals surface area contributed by atoms with Gasteiger partial charge in [-0.2, -0.15) is 0 Å². The van der Waals surface area contributed by atoms with E-state index in [4.69, 9.17) is 25.8 Å². The normalized spacial score (nSPS) is 31.7. The molecule has 2 aromatic carbocycles. The zero-order valence-corrected chi connectivity index (χ0v) is 29.2. The number of rotatable bonds is 8. The third kappa shape index (κ3) is 6.36. The minimum atomic E-state index is -1.58. The van der Waals surface area contributed by atoms with Crippen LogP contribution in [0.2, 0.25) is 5.02 Å². The van der Waals surface area contributed by atoms with Crippen molar-refractivity contribution >= 4 is 41.0 Å². The Morgan fingerprint density at radius 2 is 1.80 bits per heavy atom. The lowest BCUT2D eigenvalue weighted by molar-refractivity contribution is -0.163. The molecule has 3 amide bonds. The van der Waals surface area contributed by atoms with Gasteiger partial charge >= 0.3 is 5.97 Å². The molecule has 6 rings (SSSR count). The summed E-state index contributed by atoms with van der Waals surface area (Å²) in [6.45, 7) is 3.68. The van der Waals surface area contributed by atoms with E-state index in [-0.39, 0.29) is 31.4 Å². The fourth-order valence-electron chi connectivity index (χ4n) is 7.89. The number of hydrogen-bond donors (Lipinski definition) is 2. The zero-order chi connectivity index (χ0) is 35.6. The van der Waals surface area contributed by atoms with E-state index in [0.29, 0.717) is 29.1 Å². The van der Waals surface area contributed by atoms with Crippen LogP contribution in [0.5, 0.6) is 0 Å². The lowest BCUT2D eigenvalue weighted by atomic mass is 9.77. The van der Waals surface area contributed by atoms with Crippen LogP contribution >= 0.6 is 11.6 Å². The molecule has 4 aliphatic heterocycles. The van der Waals surface area contributed by atoms with Crippen LogP contribution in [0.15, 0.2) is 78.9 Å². The Morgan fingerprint density at radius 3 is 2.50 bits per heavy atom. The van der Waals surface area contributed by atoms with Crippen LogP contribution < -0.4 is 10.2 Å². The number of para-hydroxylation sites is 1. The van der Waals surface area contributed by atoms with E-state index in [0.717, 1.165) is 0 Å². The van der Waals surface area contributed by atoms with E-state index in [1.165, 1.54) is 16.9 Å². The summed E-state index contributed by atoms with van der Waals surface area (Å²) in [4.78, 5) is 60.5. The van der Waals surface area contributed by atoms with Gasteiger partial charge in [0.25, 0.3) is 5.91 Å². The molecule has 2 N–H and O–H groups in total. The number of carbonyl (C=O) groups is 4. The molecule has 4 heterocycles. The van der Waals surface area contributed by atoms with Crippen molar-refractivity contribution < 1.29 is 38.5 Å². The number of anilines is 1. The van der Waals surface area contributed by atoms with Crippen molar-refractivity contribution in [2.75, 3.05) is 31.8 Å². The number of carbonyl (C=O) groups excluding carboxylic acids is 4. The minimum absolute atomic E-state index is 0.0589. The van der Waals surface area contributed by atoms with Crippen LogP contribution in [-0.4, -0.2) is 90.4 Å². The third-order valence-electron chi connectivity index (χ3n) is 10.5. The van der Waals surface area contributed by atoms with Crippen LogP contribution in [0.25, 0.3) is 0 Å². The minimum Gasteiger partial charge on any atom is -0.455 e. The van der Waals surface area contributed by atoms with Gasteiger partial charge in [-0.05, 0) is 30.0 Å². The average molecular weight is 706 g/mol. The first-order valence-corrected chi connectivity index (χ1v) is 17.6. The van der Waals surface area contributed by atoms with Crippen LogP contribution in [0, 0.1) is 17.8 Å². The van der Waals surface area contributed by atoms with Crippen LogP contribution in [0.3, 0.4) is 0 Å². The van der Waals surface area contributed by atoms with Gasteiger partial charge in [0.15, 0.2) is 0 Å². The highest BCUT2D eigenvalue weighted by Crippen LogP contribution is 2.54.